The maximum absolute atomic E-state index is 12.3. The minimum Gasteiger partial charge on any atom is -0.384 e. The van der Waals surface area contributed by atoms with E-state index in [-0.39, 0.29) is 16.1 Å². The second kappa shape index (κ2) is 8.12. The normalized spacial score (nSPS) is 19.2. The molecule has 1 aliphatic heterocycles. The third kappa shape index (κ3) is 3.84. The van der Waals surface area contributed by atoms with Crippen LogP contribution in [0.15, 0.2) is 23.1 Å². The highest BCUT2D eigenvalue weighted by Gasteiger charge is 2.27. The van der Waals surface area contributed by atoms with Gasteiger partial charge in [-0.05, 0) is 50.8 Å². The van der Waals surface area contributed by atoms with Crippen LogP contribution in [0, 0.1) is 13.8 Å². The molecule has 0 radical (unpaired) electrons. The third-order valence-corrected chi connectivity index (χ3v) is 7.41. The number of aliphatic hydroxyl groups is 1. The maximum atomic E-state index is 12.3. The van der Waals surface area contributed by atoms with Crippen LogP contribution in [0.1, 0.15) is 54.1 Å². The summed E-state index contributed by atoms with van der Waals surface area (Å²) in [5, 5.41) is 15.6. The minimum atomic E-state index is -3.65. The second-order valence-electron chi connectivity index (χ2n) is 7.23. The van der Waals surface area contributed by atoms with Crippen LogP contribution in [0.25, 0.3) is 0 Å². The molecule has 9 heteroatoms. The summed E-state index contributed by atoms with van der Waals surface area (Å²) in [6.07, 6.45) is 1.93. The maximum Gasteiger partial charge on any atom is 0.244 e. The van der Waals surface area contributed by atoms with Crippen molar-refractivity contribution in [3.05, 3.63) is 45.7 Å². The Kier molecular flexibility index (Phi) is 6.17. The standard InChI is InChI=1S/C19H26ClN3O4S/c1-12-18(13(2)23(21-12)17-7-5-6-10-27-17)19(24)14-8-9-16(15(20)11-14)28(25,26)22(3)4/h8-9,11,17,19,24H,5-7,10H2,1-4H3. The lowest BCUT2D eigenvalue weighted by Gasteiger charge is -2.24. The van der Waals surface area contributed by atoms with Crippen LogP contribution in [-0.2, 0) is 14.8 Å². The first kappa shape index (κ1) is 21.3. The van der Waals surface area contributed by atoms with Crippen LogP contribution >= 0.6 is 11.6 Å². The lowest BCUT2D eigenvalue weighted by atomic mass is 10.00. The van der Waals surface area contributed by atoms with Gasteiger partial charge in [-0.25, -0.2) is 17.4 Å². The molecular formula is C19H26ClN3O4S. The molecule has 7 nitrogen and oxygen atoms in total. The van der Waals surface area contributed by atoms with Gasteiger partial charge in [0.15, 0.2) is 0 Å². The number of hydrogen-bond donors (Lipinski definition) is 1. The molecule has 1 saturated heterocycles. The summed E-state index contributed by atoms with van der Waals surface area (Å²) in [7, 11) is -0.760. The molecule has 154 valence electrons. The topological polar surface area (TPSA) is 84.7 Å². The molecule has 3 rings (SSSR count). The van der Waals surface area contributed by atoms with E-state index < -0.39 is 16.1 Å². The number of aliphatic hydroxyl groups excluding tert-OH is 1. The molecule has 0 amide bonds. The van der Waals surface area contributed by atoms with E-state index >= 15 is 0 Å². The van der Waals surface area contributed by atoms with Gasteiger partial charge < -0.3 is 9.84 Å². The highest BCUT2D eigenvalue weighted by Crippen LogP contribution is 2.34. The van der Waals surface area contributed by atoms with Gasteiger partial charge >= 0.3 is 0 Å². The summed E-state index contributed by atoms with van der Waals surface area (Å²) in [5.41, 5.74) is 2.74. The summed E-state index contributed by atoms with van der Waals surface area (Å²) >= 11 is 6.24. The first-order valence-electron chi connectivity index (χ1n) is 9.22. The summed E-state index contributed by atoms with van der Waals surface area (Å²) in [4.78, 5) is 0.00913. The van der Waals surface area contributed by atoms with E-state index in [9.17, 15) is 13.5 Å². The van der Waals surface area contributed by atoms with Crippen molar-refractivity contribution in [1.82, 2.24) is 14.1 Å². The number of halogens is 1. The van der Waals surface area contributed by atoms with Gasteiger partial charge in [0.2, 0.25) is 10.0 Å². The van der Waals surface area contributed by atoms with Crippen molar-refractivity contribution in [2.45, 2.75) is 50.3 Å². The predicted octanol–water partition coefficient (Wildman–Crippen LogP) is 3.18. The Morgan fingerprint density at radius 3 is 2.61 bits per heavy atom. The summed E-state index contributed by atoms with van der Waals surface area (Å²) in [6, 6.07) is 4.51. The van der Waals surface area contributed by atoms with Gasteiger partial charge in [-0.2, -0.15) is 5.10 Å². The Morgan fingerprint density at radius 2 is 2.04 bits per heavy atom. The number of hydrogen-bond acceptors (Lipinski definition) is 5. The number of aryl methyl sites for hydroxylation is 1. The Bertz CT molecular complexity index is 966. The summed E-state index contributed by atoms with van der Waals surface area (Å²) < 4.78 is 33.4. The largest absolute Gasteiger partial charge is 0.384 e. The molecule has 1 N–H and O–H groups in total. The highest BCUT2D eigenvalue weighted by atomic mass is 35.5. The Hall–Kier alpha value is -1.45. The van der Waals surface area contributed by atoms with Crippen molar-refractivity contribution in [1.29, 1.82) is 0 Å². The third-order valence-electron chi connectivity index (χ3n) is 5.11. The van der Waals surface area contributed by atoms with Crippen molar-refractivity contribution in [3.63, 3.8) is 0 Å². The lowest BCUT2D eigenvalue weighted by molar-refractivity contribution is -0.0409. The van der Waals surface area contributed by atoms with Gasteiger partial charge in [0.25, 0.3) is 0 Å². The molecule has 2 heterocycles. The molecule has 2 unspecified atom stereocenters. The molecule has 1 aromatic heterocycles. The van der Waals surface area contributed by atoms with Gasteiger partial charge in [0.05, 0.1) is 10.7 Å². The van der Waals surface area contributed by atoms with Crippen LogP contribution in [0.5, 0.6) is 0 Å². The monoisotopic (exact) mass is 427 g/mol. The Labute approximate surface area is 170 Å². The van der Waals surface area contributed by atoms with E-state index in [1.54, 1.807) is 6.07 Å². The zero-order chi connectivity index (χ0) is 20.6. The van der Waals surface area contributed by atoms with Crippen molar-refractivity contribution in [3.8, 4) is 0 Å². The number of rotatable bonds is 5. The fraction of sp³-hybridized carbons (Fsp3) is 0.526. The van der Waals surface area contributed by atoms with Crippen molar-refractivity contribution < 1.29 is 18.3 Å². The SMILES string of the molecule is Cc1nn(C2CCCCO2)c(C)c1C(O)c1ccc(S(=O)(=O)N(C)C)c(Cl)c1. The molecule has 1 aromatic carbocycles. The molecule has 2 atom stereocenters. The Morgan fingerprint density at radius 1 is 1.32 bits per heavy atom. The van der Waals surface area contributed by atoms with Gasteiger partial charge in [-0.15, -0.1) is 0 Å². The summed E-state index contributed by atoms with van der Waals surface area (Å²) in [6.45, 7) is 4.46. The number of benzene rings is 1. The number of aromatic nitrogens is 2. The average Bonchev–Trinajstić information content (AvgIpc) is 2.95. The smallest absolute Gasteiger partial charge is 0.244 e. The zero-order valence-electron chi connectivity index (χ0n) is 16.5. The zero-order valence-corrected chi connectivity index (χ0v) is 18.1. The van der Waals surface area contributed by atoms with Gasteiger partial charge in [0, 0.05) is 32.0 Å². The Balaban J connectivity index is 1.95. The molecular weight excluding hydrogens is 402 g/mol. The van der Waals surface area contributed by atoms with Crippen LogP contribution < -0.4 is 0 Å². The number of ether oxygens (including phenoxy) is 1. The van der Waals surface area contributed by atoms with Crippen LogP contribution in [0.4, 0.5) is 0 Å². The van der Waals surface area contributed by atoms with E-state index in [4.69, 9.17) is 16.3 Å². The van der Waals surface area contributed by atoms with Crippen LogP contribution in [0.2, 0.25) is 5.02 Å². The fourth-order valence-corrected chi connectivity index (χ4v) is 4.95. The molecule has 0 bridgehead atoms. The van der Waals surface area contributed by atoms with E-state index in [1.807, 2.05) is 18.5 Å². The van der Waals surface area contributed by atoms with E-state index in [0.717, 1.165) is 29.3 Å². The van der Waals surface area contributed by atoms with Crippen LogP contribution in [-0.4, -0.2) is 48.3 Å². The molecule has 1 aliphatic rings. The van der Waals surface area contributed by atoms with Gasteiger partial charge in [-0.3, -0.25) is 0 Å². The first-order chi connectivity index (χ1) is 13.1. The second-order valence-corrected chi connectivity index (χ2v) is 9.76. The van der Waals surface area contributed by atoms with Crippen molar-refractivity contribution in [2.75, 3.05) is 20.7 Å². The minimum absolute atomic E-state index is 0.00913. The molecule has 0 aliphatic carbocycles. The van der Waals surface area contributed by atoms with Crippen LogP contribution in [0.3, 0.4) is 0 Å². The van der Waals surface area contributed by atoms with E-state index in [1.165, 1.54) is 26.2 Å². The predicted molar refractivity (Wildman–Crippen MR) is 107 cm³/mol. The first-order valence-corrected chi connectivity index (χ1v) is 11.0. The highest BCUT2D eigenvalue weighted by molar-refractivity contribution is 7.89. The van der Waals surface area contributed by atoms with Crippen molar-refractivity contribution in [2.24, 2.45) is 0 Å². The quantitative estimate of drug-likeness (QED) is 0.792. The molecule has 0 saturated carbocycles. The number of nitrogens with zero attached hydrogens (tertiary/aromatic N) is 3. The van der Waals surface area contributed by atoms with Crippen molar-refractivity contribution >= 4 is 21.6 Å². The summed E-state index contributed by atoms with van der Waals surface area (Å²) in [5.74, 6) is 0. The van der Waals surface area contributed by atoms with E-state index in [2.05, 4.69) is 5.10 Å². The molecule has 1 fully saturated rings. The van der Waals surface area contributed by atoms with Gasteiger partial charge in [0.1, 0.15) is 17.2 Å². The van der Waals surface area contributed by atoms with E-state index in [0.29, 0.717) is 23.4 Å². The fourth-order valence-electron chi connectivity index (χ4n) is 3.53. The molecule has 28 heavy (non-hydrogen) atoms. The lowest BCUT2D eigenvalue weighted by Crippen LogP contribution is -2.22. The number of sulfonamides is 1. The van der Waals surface area contributed by atoms with Gasteiger partial charge in [-0.1, -0.05) is 17.7 Å². The average molecular weight is 428 g/mol. The molecule has 2 aromatic rings. The molecule has 0 spiro atoms.